The van der Waals surface area contributed by atoms with Gasteiger partial charge in [0.15, 0.2) is 11.5 Å². The third-order valence-corrected chi connectivity index (χ3v) is 6.26. The zero-order chi connectivity index (χ0) is 27.8. The highest BCUT2D eigenvalue weighted by molar-refractivity contribution is 6.16. The van der Waals surface area contributed by atoms with Crippen LogP contribution >= 0.6 is 0 Å². The molecule has 11 nitrogen and oxygen atoms in total. The van der Waals surface area contributed by atoms with Crippen molar-refractivity contribution in [3.8, 4) is 23.1 Å². The van der Waals surface area contributed by atoms with Crippen molar-refractivity contribution in [2.75, 3.05) is 27.9 Å². The lowest BCUT2D eigenvalue weighted by atomic mass is 9.74. The fraction of sp³-hybridized carbons (Fsp3) is 0.407. The van der Waals surface area contributed by atoms with Crippen LogP contribution in [0.25, 0.3) is 0 Å². The van der Waals surface area contributed by atoms with E-state index < -0.39 is 11.9 Å². The standard InChI is InChI=1S/C23H28N2O5.C4H4O4/c1-5-30-21-9-14-15-8-13(26)6-7-18(15)25-23(16(14)10-20(21)28-3)17-12-24-22(29-4)11-19(17)27-2;5-3(6)1-2-4(7)8/h9-13,15,18,26H,5-8H2,1-4H3;1-2H,(H,5,6)(H,7,8)/b;2-1-/t13-,15-,18-;/m1./s1. The van der Waals surface area contributed by atoms with Crippen LogP contribution in [0.2, 0.25) is 0 Å². The number of methoxy groups -OCH3 is 3. The lowest BCUT2D eigenvalue weighted by molar-refractivity contribution is -0.134. The van der Waals surface area contributed by atoms with Crippen LogP contribution in [-0.2, 0) is 9.59 Å². The highest BCUT2D eigenvalue weighted by Gasteiger charge is 2.38. The highest BCUT2D eigenvalue weighted by atomic mass is 16.5. The number of hydrogen-bond acceptors (Lipinski definition) is 9. The maximum Gasteiger partial charge on any atom is 0.328 e. The molecule has 0 bridgehead atoms. The number of carboxylic acids is 2. The predicted octanol–water partition coefficient (Wildman–Crippen LogP) is 3.07. The Morgan fingerprint density at radius 3 is 2.21 bits per heavy atom. The zero-order valence-corrected chi connectivity index (χ0v) is 21.7. The summed E-state index contributed by atoms with van der Waals surface area (Å²) in [6.45, 7) is 2.50. The molecule has 0 unspecified atom stereocenters. The number of aliphatic hydroxyl groups excluding tert-OH is 1. The van der Waals surface area contributed by atoms with E-state index in [1.807, 2.05) is 19.1 Å². The first-order chi connectivity index (χ1) is 18.2. The van der Waals surface area contributed by atoms with Gasteiger partial charge in [-0.1, -0.05) is 0 Å². The Morgan fingerprint density at radius 1 is 0.947 bits per heavy atom. The molecular weight excluding hydrogens is 496 g/mol. The van der Waals surface area contributed by atoms with E-state index in [0.717, 1.165) is 35.2 Å². The number of pyridine rings is 1. The Balaban J connectivity index is 0.000000436. The van der Waals surface area contributed by atoms with E-state index in [-0.39, 0.29) is 18.1 Å². The van der Waals surface area contributed by atoms with Gasteiger partial charge >= 0.3 is 11.9 Å². The highest BCUT2D eigenvalue weighted by Crippen LogP contribution is 2.45. The van der Waals surface area contributed by atoms with Crippen molar-refractivity contribution in [2.24, 2.45) is 4.99 Å². The molecule has 38 heavy (non-hydrogen) atoms. The molecule has 0 radical (unpaired) electrons. The number of aliphatic carboxylic acids is 2. The van der Waals surface area contributed by atoms with Crippen LogP contribution in [0.5, 0.6) is 23.1 Å². The molecule has 2 aromatic rings. The fourth-order valence-corrected chi connectivity index (χ4v) is 4.61. The first kappa shape index (κ1) is 28.5. The average molecular weight is 529 g/mol. The van der Waals surface area contributed by atoms with E-state index in [9.17, 15) is 14.7 Å². The third kappa shape index (κ3) is 6.60. The van der Waals surface area contributed by atoms with Gasteiger partial charge in [0.2, 0.25) is 5.88 Å². The lowest BCUT2D eigenvalue weighted by Crippen LogP contribution is -2.34. The quantitative estimate of drug-likeness (QED) is 0.435. The van der Waals surface area contributed by atoms with Gasteiger partial charge < -0.3 is 34.3 Å². The van der Waals surface area contributed by atoms with Gasteiger partial charge in [0.1, 0.15) is 5.75 Å². The number of nitrogens with zero attached hydrogens (tertiary/aromatic N) is 2. The Bertz CT molecular complexity index is 1210. The topological polar surface area (TPSA) is 157 Å². The number of hydrogen-bond donors (Lipinski definition) is 3. The minimum Gasteiger partial charge on any atom is -0.496 e. The molecule has 1 aliphatic carbocycles. The van der Waals surface area contributed by atoms with Crippen LogP contribution in [0.4, 0.5) is 0 Å². The van der Waals surface area contributed by atoms with Gasteiger partial charge in [-0.25, -0.2) is 14.6 Å². The lowest BCUT2D eigenvalue weighted by Gasteiger charge is -2.37. The molecule has 0 amide bonds. The van der Waals surface area contributed by atoms with Crippen LogP contribution in [0.1, 0.15) is 48.8 Å². The first-order valence-electron chi connectivity index (χ1n) is 12.1. The molecule has 4 rings (SSSR count). The second-order valence-corrected chi connectivity index (χ2v) is 8.58. The minimum atomic E-state index is -1.26. The van der Waals surface area contributed by atoms with Crippen LogP contribution in [0.15, 0.2) is 41.5 Å². The molecule has 1 fully saturated rings. The average Bonchev–Trinajstić information content (AvgIpc) is 2.91. The summed E-state index contributed by atoms with van der Waals surface area (Å²) in [4.78, 5) is 28.6. The molecule has 1 aromatic carbocycles. The summed E-state index contributed by atoms with van der Waals surface area (Å²) in [6.07, 6.45) is 4.80. The van der Waals surface area contributed by atoms with Crippen LogP contribution in [0, 0.1) is 0 Å². The van der Waals surface area contributed by atoms with Gasteiger partial charge in [0.05, 0.1) is 51.4 Å². The predicted molar refractivity (Wildman–Crippen MR) is 138 cm³/mol. The van der Waals surface area contributed by atoms with Gasteiger partial charge in [-0.05, 0) is 43.9 Å². The van der Waals surface area contributed by atoms with Gasteiger partial charge in [0, 0.05) is 35.9 Å². The van der Waals surface area contributed by atoms with E-state index in [1.165, 1.54) is 0 Å². The number of rotatable bonds is 8. The molecule has 0 spiro atoms. The third-order valence-electron chi connectivity index (χ3n) is 6.26. The van der Waals surface area contributed by atoms with E-state index >= 15 is 0 Å². The van der Waals surface area contributed by atoms with Crippen molar-refractivity contribution < 1.29 is 43.9 Å². The fourth-order valence-electron chi connectivity index (χ4n) is 4.61. The number of benzene rings is 1. The van der Waals surface area contributed by atoms with Crippen LogP contribution in [-0.4, -0.2) is 78.0 Å². The second kappa shape index (κ2) is 12.9. The number of aliphatic hydroxyl groups is 1. The summed E-state index contributed by atoms with van der Waals surface area (Å²) in [6, 6.07) is 5.87. The van der Waals surface area contributed by atoms with Crippen molar-refractivity contribution >= 4 is 17.7 Å². The number of carbonyl (C=O) groups is 2. The first-order valence-corrected chi connectivity index (χ1v) is 12.1. The molecule has 3 atom stereocenters. The maximum absolute atomic E-state index is 10.3. The molecule has 204 valence electrons. The van der Waals surface area contributed by atoms with Crippen molar-refractivity contribution in [1.29, 1.82) is 0 Å². The van der Waals surface area contributed by atoms with Gasteiger partial charge in [-0.15, -0.1) is 0 Å². The van der Waals surface area contributed by atoms with E-state index in [2.05, 4.69) is 4.98 Å². The number of fused-ring (bicyclic) bond motifs is 3. The summed E-state index contributed by atoms with van der Waals surface area (Å²) in [5, 5.41) is 25.9. The van der Waals surface area contributed by atoms with Gasteiger partial charge in [-0.3, -0.25) is 4.99 Å². The molecule has 1 aromatic heterocycles. The molecule has 2 heterocycles. The molecule has 1 saturated carbocycles. The molecule has 2 aliphatic rings. The molecular formula is C27H32N2O9. The van der Waals surface area contributed by atoms with Crippen molar-refractivity contribution in [1.82, 2.24) is 4.98 Å². The van der Waals surface area contributed by atoms with Crippen molar-refractivity contribution in [3.05, 3.63) is 53.2 Å². The molecule has 3 N–H and O–H groups in total. The van der Waals surface area contributed by atoms with Crippen LogP contribution < -0.4 is 18.9 Å². The monoisotopic (exact) mass is 528 g/mol. The normalized spacial score (nSPS) is 19.7. The Hall–Kier alpha value is -4.12. The number of aliphatic imine (C=N–C) groups is 1. The maximum atomic E-state index is 10.3. The number of carboxylic acid groups (broad SMARTS) is 2. The van der Waals surface area contributed by atoms with E-state index in [4.69, 9.17) is 34.2 Å². The Kier molecular flexibility index (Phi) is 9.66. The Morgan fingerprint density at radius 2 is 1.63 bits per heavy atom. The SMILES string of the molecule is CCOc1cc2c(cc1OC)C(c1cnc(OC)cc1OC)=N[C@@H]1CC[C@@H](O)C[C@H]21.O=C(O)/C=C\C(=O)O. The molecule has 0 saturated heterocycles. The second-order valence-electron chi connectivity index (χ2n) is 8.58. The van der Waals surface area contributed by atoms with E-state index in [0.29, 0.717) is 48.3 Å². The largest absolute Gasteiger partial charge is 0.496 e. The summed E-state index contributed by atoms with van der Waals surface area (Å²) in [5.74, 6) is 0.107. The van der Waals surface area contributed by atoms with Gasteiger partial charge in [-0.2, -0.15) is 0 Å². The zero-order valence-electron chi connectivity index (χ0n) is 21.7. The Labute approximate surface area is 220 Å². The smallest absolute Gasteiger partial charge is 0.328 e. The molecule has 1 aliphatic heterocycles. The number of ether oxygens (including phenoxy) is 4. The summed E-state index contributed by atoms with van der Waals surface area (Å²) >= 11 is 0. The minimum absolute atomic E-state index is 0.0885. The van der Waals surface area contributed by atoms with E-state index in [1.54, 1.807) is 33.6 Å². The van der Waals surface area contributed by atoms with Crippen molar-refractivity contribution in [2.45, 2.75) is 44.2 Å². The summed E-state index contributed by atoms with van der Waals surface area (Å²) in [5.41, 5.74) is 3.69. The van der Waals surface area contributed by atoms with Gasteiger partial charge in [0.25, 0.3) is 0 Å². The number of aromatic nitrogens is 1. The van der Waals surface area contributed by atoms with Crippen molar-refractivity contribution in [3.63, 3.8) is 0 Å². The molecule has 11 heteroatoms. The summed E-state index contributed by atoms with van der Waals surface area (Å²) < 4.78 is 22.3. The van der Waals surface area contributed by atoms with Crippen LogP contribution in [0.3, 0.4) is 0 Å². The summed E-state index contributed by atoms with van der Waals surface area (Å²) in [7, 11) is 4.83.